The Morgan fingerprint density at radius 2 is 1.93 bits per heavy atom. The molecular weight excluding hydrogens is 363 g/mol. The second kappa shape index (κ2) is 8.94. The van der Waals surface area contributed by atoms with E-state index in [1.165, 1.54) is 22.5 Å². The number of halogens is 3. The van der Waals surface area contributed by atoms with Crippen molar-refractivity contribution in [2.45, 2.75) is 38.9 Å². The van der Waals surface area contributed by atoms with Crippen molar-refractivity contribution >= 4 is 5.97 Å². The summed E-state index contributed by atoms with van der Waals surface area (Å²) in [6.07, 6.45) is 3.75. The zero-order chi connectivity index (χ0) is 20.0. The van der Waals surface area contributed by atoms with Crippen LogP contribution in [0.1, 0.15) is 29.4 Å². The van der Waals surface area contributed by atoms with E-state index in [1.54, 1.807) is 6.33 Å². The predicted octanol–water partition coefficient (Wildman–Crippen LogP) is 2.01. The molecule has 0 aliphatic carbocycles. The normalized spacial score (nSPS) is 14.7. The van der Waals surface area contributed by atoms with Crippen molar-refractivity contribution in [1.29, 1.82) is 0 Å². The van der Waals surface area contributed by atoms with Crippen molar-refractivity contribution in [3.05, 3.63) is 41.2 Å². The van der Waals surface area contributed by atoms with Crippen LogP contribution < -0.4 is 0 Å². The molecule has 1 N–H and O–H groups in total. The maximum atomic E-state index is 10.6. The first-order chi connectivity index (χ1) is 12.7. The number of hydrogen-bond donors (Lipinski definition) is 1. The van der Waals surface area contributed by atoms with Gasteiger partial charge in [0, 0.05) is 56.3 Å². The summed E-state index contributed by atoms with van der Waals surface area (Å²) in [5.74, 6) is -2.76. The molecule has 1 aliphatic heterocycles. The molecule has 0 atom stereocenters. The molecule has 0 saturated heterocycles. The van der Waals surface area contributed by atoms with Gasteiger partial charge in [0.25, 0.3) is 0 Å². The van der Waals surface area contributed by atoms with E-state index in [2.05, 4.69) is 33.1 Å². The summed E-state index contributed by atoms with van der Waals surface area (Å²) >= 11 is 0. The van der Waals surface area contributed by atoms with Crippen molar-refractivity contribution in [3.63, 3.8) is 0 Å². The molecule has 7 nitrogen and oxygen atoms in total. The Balaban J connectivity index is 0.000000321. The van der Waals surface area contributed by atoms with Crippen LogP contribution in [0.4, 0.5) is 13.2 Å². The third-order valence-electron chi connectivity index (χ3n) is 4.21. The third kappa shape index (κ3) is 6.02. The molecule has 148 valence electrons. The smallest absolute Gasteiger partial charge is 0.475 e. The van der Waals surface area contributed by atoms with Gasteiger partial charge in [0.1, 0.15) is 6.33 Å². The van der Waals surface area contributed by atoms with E-state index in [0.29, 0.717) is 0 Å². The first kappa shape index (κ1) is 20.8. The number of carbonyl (C=O) groups is 1. The van der Waals surface area contributed by atoms with Gasteiger partial charge in [0.2, 0.25) is 0 Å². The molecule has 27 heavy (non-hydrogen) atoms. The Morgan fingerprint density at radius 3 is 2.48 bits per heavy atom. The quantitative estimate of drug-likeness (QED) is 0.870. The monoisotopic (exact) mass is 385 g/mol. The minimum absolute atomic E-state index is 0.969. The SMILES string of the molecule is CCc1ncnc2c1CCN(Cc1cnn(C)c1)CC2.O=C(O)C(F)(F)F. The summed E-state index contributed by atoms with van der Waals surface area (Å²) in [4.78, 5) is 20.3. The van der Waals surface area contributed by atoms with Crippen LogP contribution in [0.15, 0.2) is 18.7 Å². The zero-order valence-electron chi connectivity index (χ0n) is 15.2. The Bertz CT molecular complexity index is 776. The lowest BCUT2D eigenvalue weighted by molar-refractivity contribution is -0.192. The van der Waals surface area contributed by atoms with Crippen molar-refractivity contribution in [3.8, 4) is 0 Å². The fraction of sp³-hybridized carbons (Fsp3) is 0.529. The van der Waals surface area contributed by atoms with E-state index in [1.807, 2.05) is 17.9 Å². The number of aliphatic carboxylic acids is 1. The second-order valence-electron chi connectivity index (χ2n) is 6.20. The van der Waals surface area contributed by atoms with E-state index in [4.69, 9.17) is 9.90 Å². The average molecular weight is 385 g/mol. The van der Waals surface area contributed by atoms with Gasteiger partial charge in [-0.3, -0.25) is 9.58 Å². The Labute approximate surface area is 154 Å². The van der Waals surface area contributed by atoms with Gasteiger partial charge in [0.15, 0.2) is 0 Å². The standard InChI is InChI=1S/C15H21N5.C2HF3O2/c1-3-14-13-4-6-20(7-5-15(13)17-11-16-14)10-12-8-18-19(2)9-12;3-2(4,5)1(6)7/h8-9,11H,3-7,10H2,1-2H3;(H,6,7). The van der Waals surface area contributed by atoms with Gasteiger partial charge in [-0.25, -0.2) is 14.8 Å². The van der Waals surface area contributed by atoms with E-state index in [0.717, 1.165) is 38.9 Å². The molecule has 0 radical (unpaired) electrons. The van der Waals surface area contributed by atoms with Crippen LogP contribution in [-0.4, -0.2) is 55.0 Å². The number of rotatable bonds is 3. The number of alkyl halides is 3. The molecule has 2 aromatic heterocycles. The Hall–Kier alpha value is -2.49. The van der Waals surface area contributed by atoms with E-state index in [-0.39, 0.29) is 0 Å². The van der Waals surface area contributed by atoms with Crippen molar-refractivity contribution in [1.82, 2.24) is 24.6 Å². The number of aryl methyl sites for hydroxylation is 2. The van der Waals surface area contributed by atoms with Gasteiger partial charge >= 0.3 is 12.1 Å². The zero-order valence-corrected chi connectivity index (χ0v) is 15.2. The number of hydrogen-bond acceptors (Lipinski definition) is 5. The van der Waals surface area contributed by atoms with Gasteiger partial charge in [0.05, 0.1) is 6.20 Å². The highest BCUT2D eigenvalue weighted by Gasteiger charge is 2.38. The average Bonchev–Trinajstić information content (AvgIpc) is 2.90. The lowest BCUT2D eigenvalue weighted by Crippen LogP contribution is -2.25. The topological polar surface area (TPSA) is 84.1 Å². The molecule has 0 amide bonds. The van der Waals surface area contributed by atoms with Gasteiger partial charge in [-0.15, -0.1) is 0 Å². The van der Waals surface area contributed by atoms with Crippen LogP contribution in [0.3, 0.4) is 0 Å². The molecule has 2 aromatic rings. The minimum Gasteiger partial charge on any atom is -0.475 e. The molecule has 0 spiro atoms. The van der Waals surface area contributed by atoms with Gasteiger partial charge < -0.3 is 5.11 Å². The summed E-state index contributed by atoms with van der Waals surface area (Å²) in [5, 5.41) is 11.4. The minimum atomic E-state index is -5.08. The second-order valence-corrected chi connectivity index (χ2v) is 6.20. The molecular formula is C17H22F3N5O2. The molecule has 1 aliphatic rings. The number of carboxylic acid groups (broad SMARTS) is 1. The number of fused-ring (bicyclic) bond motifs is 1. The number of carboxylic acids is 1. The third-order valence-corrected chi connectivity index (χ3v) is 4.21. The van der Waals surface area contributed by atoms with Crippen molar-refractivity contribution in [2.24, 2.45) is 7.05 Å². The molecule has 10 heteroatoms. The maximum Gasteiger partial charge on any atom is 0.490 e. The van der Waals surface area contributed by atoms with Crippen LogP contribution >= 0.6 is 0 Å². The van der Waals surface area contributed by atoms with Crippen LogP contribution in [-0.2, 0) is 37.6 Å². The van der Waals surface area contributed by atoms with E-state index < -0.39 is 12.1 Å². The Morgan fingerprint density at radius 1 is 1.26 bits per heavy atom. The molecule has 3 heterocycles. The number of aromatic nitrogens is 4. The first-order valence-electron chi connectivity index (χ1n) is 8.52. The Kier molecular flexibility index (Phi) is 6.89. The van der Waals surface area contributed by atoms with E-state index >= 15 is 0 Å². The summed E-state index contributed by atoms with van der Waals surface area (Å²) in [6.45, 7) is 5.27. The summed E-state index contributed by atoms with van der Waals surface area (Å²) in [5.41, 5.74) is 5.12. The molecule has 0 fully saturated rings. The molecule has 0 aromatic carbocycles. The van der Waals surface area contributed by atoms with Crippen LogP contribution in [0.25, 0.3) is 0 Å². The maximum absolute atomic E-state index is 10.6. The fourth-order valence-electron chi connectivity index (χ4n) is 2.91. The predicted molar refractivity (Wildman–Crippen MR) is 91.0 cm³/mol. The largest absolute Gasteiger partial charge is 0.490 e. The van der Waals surface area contributed by atoms with Crippen molar-refractivity contribution in [2.75, 3.05) is 13.1 Å². The molecule has 0 bridgehead atoms. The molecule has 0 unspecified atom stereocenters. The van der Waals surface area contributed by atoms with Crippen LogP contribution in [0, 0.1) is 0 Å². The van der Waals surface area contributed by atoms with E-state index in [9.17, 15) is 13.2 Å². The summed E-state index contributed by atoms with van der Waals surface area (Å²) < 4.78 is 33.6. The lowest BCUT2D eigenvalue weighted by Gasteiger charge is -2.18. The molecule has 3 rings (SSSR count). The summed E-state index contributed by atoms with van der Waals surface area (Å²) in [6, 6.07) is 0. The van der Waals surface area contributed by atoms with Crippen molar-refractivity contribution < 1.29 is 23.1 Å². The van der Waals surface area contributed by atoms with Gasteiger partial charge in [-0.1, -0.05) is 6.92 Å². The highest BCUT2D eigenvalue weighted by molar-refractivity contribution is 5.73. The van der Waals surface area contributed by atoms with Crippen LogP contribution in [0.2, 0.25) is 0 Å². The van der Waals surface area contributed by atoms with Gasteiger partial charge in [-0.05, 0) is 18.4 Å². The number of nitrogens with zero attached hydrogens (tertiary/aromatic N) is 5. The first-order valence-corrected chi connectivity index (χ1v) is 8.52. The summed E-state index contributed by atoms with van der Waals surface area (Å²) in [7, 11) is 1.96. The highest BCUT2D eigenvalue weighted by atomic mass is 19.4. The molecule has 0 saturated carbocycles. The fourth-order valence-corrected chi connectivity index (χ4v) is 2.91. The highest BCUT2D eigenvalue weighted by Crippen LogP contribution is 2.18. The lowest BCUT2D eigenvalue weighted by atomic mass is 10.1. The van der Waals surface area contributed by atoms with Crippen LogP contribution in [0.5, 0.6) is 0 Å². The van der Waals surface area contributed by atoms with Gasteiger partial charge in [-0.2, -0.15) is 18.3 Å².